The Morgan fingerprint density at radius 2 is 2.10 bits per heavy atom. The Kier molecular flexibility index (Phi) is 5.01. The van der Waals surface area contributed by atoms with Crippen molar-refractivity contribution in [3.8, 4) is 5.75 Å². The Hall–Kier alpha value is -1.82. The van der Waals surface area contributed by atoms with Gasteiger partial charge in [-0.15, -0.1) is 0 Å². The van der Waals surface area contributed by atoms with Crippen molar-refractivity contribution in [2.24, 2.45) is 0 Å². The van der Waals surface area contributed by atoms with Crippen molar-refractivity contribution in [1.29, 1.82) is 0 Å². The maximum atomic E-state index is 11.0. The van der Waals surface area contributed by atoms with E-state index in [0.29, 0.717) is 6.61 Å². The zero-order valence-electron chi connectivity index (χ0n) is 12.3. The number of ether oxygens (including phenoxy) is 1. The van der Waals surface area contributed by atoms with Crippen LogP contribution in [0.3, 0.4) is 0 Å². The molecule has 0 amide bonds. The summed E-state index contributed by atoms with van der Waals surface area (Å²) in [6, 6.07) is 4.77. The van der Waals surface area contributed by atoms with Crippen molar-refractivity contribution in [1.82, 2.24) is 0 Å². The van der Waals surface area contributed by atoms with Gasteiger partial charge in [0.2, 0.25) is 0 Å². The van der Waals surface area contributed by atoms with E-state index in [4.69, 9.17) is 4.74 Å². The molecule has 1 fully saturated rings. The van der Waals surface area contributed by atoms with E-state index in [2.05, 4.69) is 5.32 Å². The molecule has 0 unspecified atom stereocenters. The molecule has 6 nitrogen and oxygen atoms in total. The quantitative estimate of drug-likeness (QED) is 0.622. The van der Waals surface area contributed by atoms with E-state index in [-0.39, 0.29) is 23.6 Å². The second-order valence-corrected chi connectivity index (χ2v) is 5.50. The highest BCUT2D eigenvalue weighted by Gasteiger charge is 2.31. The molecule has 0 radical (unpaired) electrons. The van der Waals surface area contributed by atoms with Gasteiger partial charge >= 0.3 is 5.69 Å². The first kappa shape index (κ1) is 15.6. The number of nitro groups is 1. The van der Waals surface area contributed by atoms with Crippen molar-refractivity contribution in [3.63, 3.8) is 0 Å². The molecule has 0 atom stereocenters. The van der Waals surface area contributed by atoms with E-state index < -0.39 is 4.92 Å². The maximum absolute atomic E-state index is 11.0. The number of hydrogen-bond donors (Lipinski definition) is 2. The standard InChI is InChI=1S/C15H22N2O4/c1-2-21-14-10-12(6-7-13(14)17(19)20)16-15(11-18)8-4-3-5-9-15/h6-7,10,16,18H,2-5,8-9,11H2,1H3. The minimum absolute atomic E-state index is 0.0379. The van der Waals surface area contributed by atoms with Gasteiger partial charge in [0.1, 0.15) is 0 Å². The summed E-state index contributed by atoms with van der Waals surface area (Å²) >= 11 is 0. The van der Waals surface area contributed by atoms with Gasteiger partial charge in [-0.25, -0.2) is 0 Å². The summed E-state index contributed by atoms with van der Waals surface area (Å²) in [5, 5.41) is 24.1. The van der Waals surface area contributed by atoms with Crippen LogP contribution in [0.1, 0.15) is 39.0 Å². The molecule has 0 saturated heterocycles. The molecule has 2 rings (SSSR count). The van der Waals surface area contributed by atoms with E-state index in [9.17, 15) is 15.2 Å². The largest absolute Gasteiger partial charge is 0.487 e. The Morgan fingerprint density at radius 3 is 2.67 bits per heavy atom. The first-order chi connectivity index (χ1) is 10.1. The van der Waals surface area contributed by atoms with Gasteiger partial charge in [-0.2, -0.15) is 0 Å². The minimum atomic E-state index is -0.447. The summed E-state index contributed by atoms with van der Waals surface area (Å²) in [6.07, 6.45) is 5.17. The van der Waals surface area contributed by atoms with Gasteiger partial charge in [0.05, 0.1) is 23.7 Å². The van der Waals surface area contributed by atoms with E-state index in [1.807, 2.05) is 0 Å². The lowest BCUT2D eigenvalue weighted by Crippen LogP contribution is -2.43. The van der Waals surface area contributed by atoms with Crippen molar-refractivity contribution >= 4 is 11.4 Å². The van der Waals surface area contributed by atoms with Gasteiger partial charge < -0.3 is 15.2 Å². The van der Waals surface area contributed by atoms with Crippen molar-refractivity contribution in [2.75, 3.05) is 18.5 Å². The fraction of sp³-hybridized carbons (Fsp3) is 0.600. The SMILES string of the molecule is CCOc1cc(NC2(CO)CCCCC2)ccc1[N+](=O)[O-]. The van der Waals surface area contributed by atoms with E-state index in [1.54, 1.807) is 19.1 Å². The van der Waals surface area contributed by atoms with Crippen LogP contribution < -0.4 is 10.1 Å². The molecule has 1 aliphatic carbocycles. The summed E-state index contributed by atoms with van der Waals surface area (Å²) in [5.41, 5.74) is 0.391. The van der Waals surface area contributed by atoms with Gasteiger partial charge in [0.15, 0.2) is 5.75 Å². The average Bonchev–Trinajstić information content (AvgIpc) is 2.48. The summed E-state index contributed by atoms with van der Waals surface area (Å²) in [6.45, 7) is 2.23. The summed E-state index contributed by atoms with van der Waals surface area (Å²) in [5.74, 6) is 0.261. The van der Waals surface area contributed by atoms with Crippen LogP contribution in [0.25, 0.3) is 0 Å². The maximum Gasteiger partial charge on any atom is 0.311 e. The van der Waals surface area contributed by atoms with Crippen LogP contribution in [0.2, 0.25) is 0 Å². The second kappa shape index (κ2) is 6.76. The number of rotatable bonds is 6. The molecule has 1 aromatic carbocycles. The number of aliphatic hydroxyl groups is 1. The zero-order valence-corrected chi connectivity index (χ0v) is 12.3. The molecule has 21 heavy (non-hydrogen) atoms. The molecular formula is C15H22N2O4. The number of benzene rings is 1. The summed E-state index contributed by atoms with van der Waals surface area (Å²) < 4.78 is 5.35. The molecule has 1 aromatic rings. The highest BCUT2D eigenvalue weighted by Crippen LogP contribution is 2.35. The van der Waals surface area contributed by atoms with Crippen molar-refractivity contribution in [2.45, 2.75) is 44.6 Å². The smallest absolute Gasteiger partial charge is 0.311 e. The number of nitro benzene ring substituents is 1. The van der Waals surface area contributed by atoms with Gasteiger partial charge in [-0.3, -0.25) is 10.1 Å². The number of hydrogen-bond acceptors (Lipinski definition) is 5. The highest BCUT2D eigenvalue weighted by atomic mass is 16.6. The summed E-state index contributed by atoms with van der Waals surface area (Å²) in [4.78, 5) is 10.5. The predicted molar refractivity (Wildman–Crippen MR) is 80.8 cm³/mol. The molecular weight excluding hydrogens is 272 g/mol. The first-order valence-corrected chi connectivity index (χ1v) is 7.40. The molecule has 0 bridgehead atoms. The van der Waals surface area contributed by atoms with Gasteiger partial charge in [0.25, 0.3) is 0 Å². The van der Waals surface area contributed by atoms with Crippen LogP contribution in [-0.4, -0.2) is 28.8 Å². The Morgan fingerprint density at radius 1 is 1.38 bits per heavy atom. The van der Waals surface area contributed by atoms with Crippen LogP contribution in [0.4, 0.5) is 11.4 Å². The van der Waals surface area contributed by atoms with Gasteiger partial charge in [-0.1, -0.05) is 19.3 Å². The lowest BCUT2D eigenvalue weighted by molar-refractivity contribution is -0.385. The number of nitrogens with one attached hydrogen (secondary N) is 1. The van der Waals surface area contributed by atoms with Crippen LogP contribution in [0.5, 0.6) is 5.75 Å². The van der Waals surface area contributed by atoms with Crippen LogP contribution in [0, 0.1) is 10.1 Å². The average molecular weight is 294 g/mol. The topological polar surface area (TPSA) is 84.6 Å². The normalized spacial score (nSPS) is 17.2. The predicted octanol–water partition coefficient (Wildman–Crippen LogP) is 3.10. The van der Waals surface area contributed by atoms with E-state index in [0.717, 1.165) is 31.4 Å². The Labute approximate surface area is 124 Å². The van der Waals surface area contributed by atoms with Crippen LogP contribution in [-0.2, 0) is 0 Å². The molecule has 0 spiro atoms. The summed E-state index contributed by atoms with van der Waals surface area (Å²) in [7, 11) is 0. The van der Waals surface area contributed by atoms with Gasteiger partial charge in [-0.05, 0) is 25.8 Å². The number of nitrogens with zero attached hydrogens (tertiary/aromatic N) is 1. The fourth-order valence-corrected chi connectivity index (χ4v) is 2.87. The monoisotopic (exact) mass is 294 g/mol. The zero-order chi connectivity index (χ0) is 15.3. The molecule has 2 N–H and O–H groups in total. The first-order valence-electron chi connectivity index (χ1n) is 7.40. The number of aliphatic hydroxyl groups excluding tert-OH is 1. The molecule has 116 valence electrons. The van der Waals surface area contributed by atoms with Gasteiger partial charge in [0, 0.05) is 17.8 Å². The molecule has 1 saturated carbocycles. The van der Waals surface area contributed by atoms with E-state index in [1.165, 1.54) is 12.5 Å². The van der Waals surface area contributed by atoms with Crippen molar-refractivity contribution < 1.29 is 14.8 Å². The molecule has 0 heterocycles. The second-order valence-electron chi connectivity index (χ2n) is 5.50. The number of anilines is 1. The highest BCUT2D eigenvalue weighted by molar-refractivity contribution is 5.59. The lowest BCUT2D eigenvalue weighted by atomic mass is 9.82. The fourth-order valence-electron chi connectivity index (χ4n) is 2.87. The third-order valence-electron chi connectivity index (χ3n) is 3.98. The molecule has 6 heteroatoms. The van der Waals surface area contributed by atoms with Crippen molar-refractivity contribution in [3.05, 3.63) is 28.3 Å². The van der Waals surface area contributed by atoms with E-state index >= 15 is 0 Å². The molecule has 0 aromatic heterocycles. The Bertz CT molecular complexity index is 498. The Balaban J connectivity index is 2.23. The molecule has 0 aliphatic heterocycles. The third kappa shape index (κ3) is 3.64. The van der Waals surface area contributed by atoms with Crippen LogP contribution >= 0.6 is 0 Å². The van der Waals surface area contributed by atoms with Crippen LogP contribution in [0.15, 0.2) is 18.2 Å². The minimum Gasteiger partial charge on any atom is -0.487 e. The molecule has 1 aliphatic rings. The lowest BCUT2D eigenvalue weighted by Gasteiger charge is -2.37. The third-order valence-corrected chi connectivity index (χ3v) is 3.98.